The van der Waals surface area contributed by atoms with Crippen molar-refractivity contribution in [1.82, 2.24) is 19.8 Å². The van der Waals surface area contributed by atoms with Crippen LogP contribution in [0.1, 0.15) is 24.6 Å². The summed E-state index contributed by atoms with van der Waals surface area (Å²) in [5.41, 5.74) is 2.89. The van der Waals surface area contributed by atoms with Crippen LogP contribution in [-0.2, 0) is 17.8 Å². The Morgan fingerprint density at radius 3 is 2.80 bits per heavy atom. The largest absolute Gasteiger partial charge is 0.508 e. The van der Waals surface area contributed by atoms with Gasteiger partial charge in [0.1, 0.15) is 17.7 Å². The Balaban J connectivity index is 1.51. The zero-order valence-corrected chi connectivity index (χ0v) is 24.0. The van der Waals surface area contributed by atoms with E-state index in [9.17, 15) is 15.2 Å². The molecule has 214 valence electrons. The summed E-state index contributed by atoms with van der Waals surface area (Å²) < 4.78 is 6.22. The van der Waals surface area contributed by atoms with Crippen LogP contribution in [0.2, 0.25) is 0 Å². The Morgan fingerprint density at radius 2 is 2.05 bits per heavy atom. The van der Waals surface area contributed by atoms with Gasteiger partial charge in [-0.05, 0) is 45.0 Å². The number of ether oxygens (including phenoxy) is 1. The molecule has 0 bridgehead atoms. The highest BCUT2D eigenvalue weighted by atomic mass is 16.5. The van der Waals surface area contributed by atoms with Crippen LogP contribution in [0.5, 0.6) is 11.8 Å². The van der Waals surface area contributed by atoms with E-state index in [1.807, 2.05) is 45.3 Å². The van der Waals surface area contributed by atoms with Crippen LogP contribution in [0.15, 0.2) is 49.1 Å². The van der Waals surface area contributed by atoms with Crippen molar-refractivity contribution >= 4 is 28.2 Å². The summed E-state index contributed by atoms with van der Waals surface area (Å²) in [7, 11) is 3.99. The van der Waals surface area contributed by atoms with E-state index in [2.05, 4.69) is 33.4 Å². The molecule has 1 unspecified atom stereocenters. The Bertz CT molecular complexity index is 1480. The number of anilines is 2. The van der Waals surface area contributed by atoms with Gasteiger partial charge in [-0.15, -0.1) is 0 Å². The lowest BCUT2D eigenvalue weighted by molar-refractivity contribution is -0.128. The predicted molar refractivity (Wildman–Crippen MR) is 159 cm³/mol. The van der Waals surface area contributed by atoms with Crippen LogP contribution in [0.25, 0.3) is 10.8 Å². The molecule has 1 aromatic heterocycles. The maximum absolute atomic E-state index is 12.5. The number of rotatable bonds is 8. The molecule has 1 fully saturated rings. The number of aromatic hydroxyl groups is 1. The fraction of sp³-hybridized carbons (Fsp3) is 0.419. The monoisotopic (exact) mass is 555 g/mol. The Kier molecular flexibility index (Phi) is 8.26. The molecule has 1 saturated heterocycles. The molecule has 2 atom stereocenters. The number of aromatic nitrogens is 2. The van der Waals surface area contributed by atoms with Crippen LogP contribution in [0.4, 0.5) is 11.5 Å². The highest BCUT2D eigenvalue weighted by Gasteiger charge is 2.33. The summed E-state index contributed by atoms with van der Waals surface area (Å²) in [6, 6.07) is 13.9. The second kappa shape index (κ2) is 12.0. The van der Waals surface area contributed by atoms with Gasteiger partial charge in [-0.3, -0.25) is 4.79 Å². The maximum Gasteiger partial charge on any atom is 0.318 e. The molecule has 10 heteroatoms. The van der Waals surface area contributed by atoms with Gasteiger partial charge in [-0.1, -0.05) is 30.8 Å². The maximum atomic E-state index is 12.5. The molecule has 10 nitrogen and oxygen atoms in total. The van der Waals surface area contributed by atoms with Gasteiger partial charge in [0.2, 0.25) is 5.91 Å². The average Bonchev–Trinajstić information content (AvgIpc) is 2.95. The third-order valence-electron chi connectivity index (χ3n) is 7.68. The number of piperazine rings is 1. The molecule has 5 rings (SSSR count). The van der Waals surface area contributed by atoms with Gasteiger partial charge in [0, 0.05) is 55.4 Å². The smallest absolute Gasteiger partial charge is 0.318 e. The van der Waals surface area contributed by atoms with Crippen molar-refractivity contribution in [3.8, 4) is 17.8 Å². The van der Waals surface area contributed by atoms with E-state index >= 15 is 0 Å². The minimum Gasteiger partial charge on any atom is -0.508 e. The first kappa shape index (κ1) is 28.2. The van der Waals surface area contributed by atoms with Crippen LogP contribution in [-0.4, -0.2) is 89.7 Å². The molecule has 2 aromatic carbocycles. The van der Waals surface area contributed by atoms with Gasteiger partial charge in [0.15, 0.2) is 0 Å². The molecule has 3 aromatic rings. The number of amides is 1. The highest BCUT2D eigenvalue weighted by molar-refractivity contribution is 5.95. The number of carbonyl (C=O) groups excluding carboxylic acids is 1. The molecule has 2 aliphatic heterocycles. The number of nitrogens with zero attached hydrogens (tertiary/aromatic N) is 7. The zero-order chi connectivity index (χ0) is 29.1. The Morgan fingerprint density at radius 1 is 1.24 bits per heavy atom. The second-order valence-corrected chi connectivity index (χ2v) is 11.0. The first-order valence-corrected chi connectivity index (χ1v) is 14.0. The molecule has 41 heavy (non-hydrogen) atoms. The van der Waals surface area contributed by atoms with Crippen molar-refractivity contribution in [3.05, 3.63) is 60.3 Å². The second-order valence-electron chi connectivity index (χ2n) is 11.0. The highest BCUT2D eigenvalue weighted by Crippen LogP contribution is 2.36. The molecule has 1 amide bonds. The standard InChI is InChI=1S/C31H37N7O3/c1-5-29(40)38-15-14-37(19-23(38)10-12-32)30-26-11-13-36(28-17-24(39)16-22-8-6-7-9-25(22)28)20-27(26)33-31(34-30)41-21(2)18-35(3)4/h5-9,16-17,21,23,39H,1,10-11,13-15,18-20H2,2-4H3/t21-,23?/m1/s1. The fourth-order valence-corrected chi connectivity index (χ4v) is 5.91. The van der Waals surface area contributed by atoms with Gasteiger partial charge in [-0.25, -0.2) is 0 Å². The fourth-order valence-electron chi connectivity index (χ4n) is 5.91. The molecule has 0 radical (unpaired) electrons. The van der Waals surface area contributed by atoms with Gasteiger partial charge >= 0.3 is 6.01 Å². The normalized spacial score (nSPS) is 17.7. The van der Waals surface area contributed by atoms with Crippen molar-refractivity contribution in [2.75, 3.05) is 56.6 Å². The molecular weight excluding hydrogens is 518 g/mol. The summed E-state index contributed by atoms with van der Waals surface area (Å²) in [6.45, 7) is 9.15. The Labute approximate surface area is 241 Å². The number of likely N-dealkylation sites (N-methyl/N-ethyl adjacent to an activating group) is 1. The van der Waals surface area contributed by atoms with Gasteiger partial charge in [0.25, 0.3) is 0 Å². The van der Waals surface area contributed by atoms with Crippen molar-refractivity contribution in [1.29, 1.82) is 5.26 Å². The van der Waals surface area contributed by atoms with Crippen molar-refractivity contribution in [2.24, 2.45) is 0 Å². The third-order valence-corrected chi connectivity index (χ3v) is 7.68. The number of carbonyl (C=O) groups is 1. The van der Waals surface area contributed by atoms with E-state index < -0.39 is 0 Å². The van der Waals surface area contributed by atoms with Crippen LogP contribution >= 0.6 is 0 Å². The third kappa shape index (κ3) is 6.05. The van der Waals surface area contributed by atoms with Gasteiger partial charge < -0.3 is 29.4 Å². The lowest BCUT2D eigenvalue weighted by Gasteiger charge is -2.42. The lowest BCUT2D eigenvalue weighted by atomic mass is 10.0. The minimum atomic E-state index is -0.263. The number of phenolic OH excluding ortho intramolecular Hbond substituents is 1. The minimum absolute atomic E-state index is 0.126. The lowest BCUT2D eigenvalue weighted by Crippen LogP contribution is -2.55. The summed E-state index contributed by atoms with van der Waals surface area (Å²) in [5.74, 6) is 0.867. The number of benzene rings is 2. The van der Waals surface area contributed by atoms with Gasteiger partial charge in [0.05, 0.1) is 30.8 Å². The number of fused-ring (bicyclic) bond motifs is 2. The van der Waals surface area contributed by atoms with Crippen molar-refractivity contribution in [2.45, 2.75) is 38.5 Å². The molecule has 0 aliphatic carbocycles. The first-order chi connectivity index (χ1) is 19.8. The predicted octanol–water partition coefficient (Wildman–Crippen LogP) is 3.34. The van der Waals surface area contributed by atoms with Crippen LogP contribution in [0.3, 0.4) is 0 Å². The van der Waals surface area contributed by atoms with E-state index in [1.54, 1.807) is 11.0 Å². The topological polar surface area (TPSA) is 109 Å². The van der Waals surface area contributed by atoms with E-state index in [0.717, 1.165) is 40.1 Å². The summed E-state index contributed by atoms with van der Waals surface area (Å²) in [5, 5.41) is 22.0. The Hall–Kier alpha value is -4.36. The molecular formula is C31H37N7O3. The average molecular weight is 556 g/mol. The first-order valence-electron chi connectivity index (χ1n) is 14.0. The van der Waals surface area contributed by atoms with Crippen molar-refractivity contribution in [3.63, 3.8) is 0 Å². The van der Waals surface area contributed by atoms with E-state index in [4.69, 9.17) is 14.7 Å². The van der Waals surface area contributed by atoms with E-state index in [0.29, 0.717) is 45.2 Å². The van der Waals surface area contributed by atoms with Crippen molar-refractivity contribution < 1.29 is 14.6 Å². The number of phenols is 1. The molecule has 2 aliphatic rings. The van der Waals surface area contributed by atoms with Crippen LogP contribution in [0, 0.1) is 11.3 Å². The quantitative estimate of drug-likeness (QED) is 0.419. The van der Waals surface area contributed by atoms with E-state index in [1.165, 1.54) is 6.08 Å². The summed E-state index contributed by atoms with van der Waals surface area (Å²) in [6.07, 6.45) is 2.12. The molecule has 1 N–H and O–H groups in total. The molecule has 0 spiro atoms. The SMILES string of the molecule is C=CC(=O)N1CCN(c2nc(O[C@H](C)CN(C)C)nc3c2CCN(c2cc(O)cc4ccccc24)C3)CC1CC#N. The van der Waals surface area contributed by atoms with Crippen LogP contribution < -0.4 is 14.5 Å². The number of nitriles is 1. The van der Waals surface area contributed by atoms with E-state index in [-0.39, 0.29) is 30.2 Å². The number of hydrogen-bond acceptors (Lipinski definition) is 9. The molecule has 0 saturated carbocycles. The zero-order valence-electron chi connectivity index (χ0n) is 24.0. The number of hydrogen-bond donors (Lipinski definition) is 1. The van der Waals surface area contributed by atoms with Gasteiger partial charge in [-0.2, -0.15) is 15.2 Å². The summed E-state index contributed by atoms with van der Waals surface area (Å²) >= 11 is 0. The summed E-state index contributed by atoms with van der Waals surface area (Å²) in [4.78, 5) is 30.5. The molecule has 3 heterocycles.